The zero-order valence-electron chi connectivity index (χ0n) is 14.8. The molecule has 1 N–H and O–H groups in total. The highest BCUT2D eigenvalue weighted by atomic mass is 32.2. The maximum atomic E-state index is 12.1. The highest BCUT2D eigenvalue weighted by molar-refractivity contribution is 7.92. The lowest BCUT2D eigenvalue weighted by atomic mass is 10.1. The molecule has 7 heteroatoms. The number of hydrogen-bond donors (Lipinski definition) is 1. The van der Waals surface area contributed by atoms with Crippen molar-refractivity contribution < 1.29 is 13.2 Å². The van der Waals surface area contributed by atoms with Gasteiger partial charge in [0.05, 0.1) is 30.5 Å². The summed E-state index contributed by atoms with van der Waals surface area (Å²) in [6.07, 6.45) is 1.31. The average molecular weight is 371 g/mol. The molecule has 1 amide bonds. The van der Waals surface area contributed by atoms with Crippen LogP contribution in [0.4, 0.5) is 5.69 Å². The molecule has 0 spiro atoms. The Morgan fingerprint density at radius 1 is 1.15 bits per heavy atom. The maximum absolute atomic E-state index is 12.1. The summed E-state index contributed by atoms with van der Waals surface area (Å²) in [6, 6.07) is 16.1. The van der Waals surface area contributed by atoms with Gasteiger partial charge in [-0.15, -0.1) is 0 Å². The Balaban J connectivity index is 2.01. The Morgan fingerprint density at radius 2 is 1.81 bits per heavy atom. The lowest BCUT2D eigenvalue weighted by Gasteiger charge is -2.23. The first-order valence-electron chi connectivity index (χ1n) is 8.10. The van der Waals surface area contributed by atoms with Crippen LogP contribution in [-0.4, -0.2) is 33.7 Å². The number of nitrogens with zero attached hydrogens (tertiary/aromatic N) is 2. The normalized spacial score (nSPS) is 10.8. The molecule has 26 heavy (non-hydrogen) atoms. The monoisotopic (exact) mass is 371 g/mol. The minimum atomic E-state index is -3.58. The average Bonchev–Trinajstić information content (AvgIpc) is 2.60. The molecule has 0 atom stereocenters. The van der Waals surface area contributed by atoms with Crippen LogP contribution in [0.25, 0.3) is 0 Å². The van der Waals surface area contributed by atoms with E-state index in [0.29, 0.717) is 5.69 Å². The summed E-state index contributed by atoms with van der Waals surface area (Å²) in [5.41, 5.74) is 2.59. The first-order chi connectivity index (χ1) is 12.3. The second-order valence-corrected chi connectivity index (χ2v) is 7.88. The van der Waals surface area contributed by atoms with Crippen molar-refractivity contribution in [2.24, 2.45) is 0 Å². The highest BCUT2D eigenvalue weighted by Gasteiger charge is 2.20. The molecule has 0 saturated carbocycles. The standard InChI is InChI=1S/C19H21N3O3S/c1-15-7-9-16(10-8-15)13-19(23)21-11-12-22(26(2,24)25)18-6-4-3-5-17(18)14-20/h3-10H,11-13H2,1-2H3,(H,21,23). The van der Waals surface area contributed by atoms with Crippen LogP contribution in [0.1, 0.15) is 16.7 Å². The molecule has 0 saturated heterocycles. The summed E-state index contributed by atoms with van der Waals surface area (Å²) in [6.45, 7) is 2.18. The minimum Gasteiger partial charge on any atom is -0.354 e. The Hall–Kier alpha value is -2.85. The number of amides is 1. The van der Waals surface area contributed by atoms with Gasteiger partial charge in [-0.2, -0.15) is 5.26 Å². The van der Waals surface area contributed by atoms with Crippen LogP contribution < -0.4 is 9.62 Å². The first-order valence-corrected chi connectivity index (χ1v) is 9.95. The van der Waals surface area contributed by atoms with Crippen molar-refractivity contribution in [1.82, 2.24) is 5.32 Å². The Bertz CT molecular complexity index is 916. The van der Waals surface area contributed by atoms with E-state index in [0.717, 1.165) is 21.7 Å². The van der Waals surface area contributed by atoms with Gasteiger partial charge >= 0.3 is 0 Å². The van der Waals surface area contributed by atoms with Gasteiger partial charge in [-0.3, -0.25) is 9.10 Å². The number of aryl methyl sites for hydroxylation is 1. The number of carbonyl (C=O) groups excluding carboxylic acids is 1. The lowest BCUT2D eigenvalue weighted by Crippen LogP contribution is -2.39. The van der Waals surface area contributed by atoms with Gasteiger partial charge in [0.2, 0.25) is 15.9 Å². The topological polar surface area (TPSA) is 90.3 Å². The summed E-state index contributed by atoms with van der Waals surface area (Å²) in [5, 5.41) is 11.9. The predicted octanol–water partition coefficient (Wildman–Crippen LogP) is 1.99. The molecule has 2 aromatic rings. The van der Waals surface area contributed by atoms with E-state index in [4.69, 9.17) is 0 Å². The van der Waals surface area contributed by atoms with E-state index in [-0.39, 0.29) is 31.0 Å². The molecular formula is C19H21N3O3S. The zero-order valence-corrected chi connectivity index (χ0v) is 15.6. The van der Waals surface area contributed by atoms with E-state index < -0.39 is 10.0 Å². The van der Waals surface area contributed by atoms with Crippen molar-refractivity contribution in [1.29, 1.82) is 5.26 Å². The molecule has 2 aromatic carbocycles. The van der Waals surface area contributed by atoms with Crippen LogP contribution in [0, 0.1) is 18.3 Å². The Morgan fingerprint density at radius 3 is 2.42 bits per heavy atom. The Kier molecular flexibility index (Phi) is 6.36. The van der Waals surface area contributed by atoms with Crippen LogP contribution in [0.15, 0.2) is 48.5 Å². The largest absolute Gasteiger partial charge is 0.354 e. The first kappa shape index (κ1) is 19.5. The SMILES string of the molecule is Cc1ccc(CC(=O)NCCN(c2ccccc2C#N)S(C)(=O)=O)cc1. The molecule has 0 fully saturated rings. The number of nitriles is 1. The molecule has 0 aromatic heterocycles. The highest BCUT2D eigenvalue weighted by Crippen LogP contribution is 2.21. The molecule has 0 aliphatic carbocycles. The van der Waals surface area contributed by atoms with E-state index >= 15 is 0 Å². The van der Waals surface area contributed by atoms with Gasteiger partial charge in [0, 0.05) is 6.54 Å². The van der Waals surface area contributed by atoms with Gasteiger partial charge in [0.1, 0.15) is 6.07 Å². The third-order valence-electron chi connectivity index (χ3n) is 3.82. The van der Waals surface area contributed by atoms with E-state index in [9.17, 15) is 18.5 Å². The van der Waals surface area contributed by atoms with Crippen LogP contribution >= 0.6 is 0 Å². The van der Waals surface area contributed by atoms with Crippen molar-refractivity contribution in [3.8, 4) is 6.07 Å². The number of benzene rings is 2. The molecule has 136 valence electrons. The van der Waals surface area contributed by atoms with Crippen LogP contribution in [-0.2, 0) is 21.2 Å². The predicted molar refractivity (Wildman–Crippen MR) is 101 cm³/mol. The number of carbonyl (C=O) groups is 1. The van der Waals surface area contributed by atoms with Gasteiger partial charge in [0.25, 0.3) is 0 Å². The number of sulfonamides is 1. The molecule has 0 heterocycles. The number of rotatable bonds is 7. The van der Waals surface area contributed by atoms with Crippen molar-refractivity contribution in [3.63, 3.8) is 0 Å². The van der Waals surface area contributed by atoms with Gasteiger partial charge in [-0.1, -0.05) is 42.0 Å². The molecule has 0 unspecified atom stereocenters. The minimum absolute atomic E-state index is 0.0527. The quantitative estimate of drug-likeness (QED) is 0.806. The van der Waals surface area contributed by atoms with Crippen LogP contribution in [0.5, 0.6) is 0 Å². The third kappa shape index (κ3) is 5.33. The van der Waals surface area contributed by atoms with E-state index in [1.807, 2.05) is 37.3 Å². The number of para-hydroxylation sites is 1. The summed E-state index contributed by atoms with van der Waals surface area (Å²) < 4.78 is 25.3. The fourth-order valence-electron chi connectivity index (χ4n) is 2.50. The van der Waals surface area contributed by atoms with Crippen LogP contribution in [0.3, 0.4) is 0 Å². The van der Waals surface area contributed by atoms with E-state index in [1.54, 1.807) is 24.3 Å². The third-order valence-corrected chi connectivity index (χ3v) is 5.00. The van der Waals surface area contributed by atoms with Gasteiger partial charge in [0.15, 0.2) is 0 Å². The number of anilines is 1. The number of nitrogens with one attached hydrogen (secondary N) is 1. The van der Waals surface area contributed by atoms with Gasteiger partial charge in [-0.25, -0.2) is 8.42 Å². The maximum Gasteiger partial charge on any atom is 0.232 e. The zero-order chi connectivity index (χ0) is 19.2. The summed E-state index contributed by atoms with van der Waals surface area (Å²) in [7, 11) is -3.58. The number of hydrogen-bond acceptors (Lipinski definition) is 4. The fraction of sp³-hybridized carbons (Fsp3) is 0.263. The lowest BCUT2D eigenvalue weighted by molar-refractivity contribution is -0.120. The summed E-state index contributed by atoms with van der Waals surface area (Å²) in [4.78, 5) is 12.1. The molecule has 0 radical (unpaired) electrons. The second-order valence-electron chi connectivity index (χ2n) is 5.98. The van der Waals surface area contributed by atoms with Crippen molar-refractivity contribution >= 4 is 21.6 Å². The van der Waals surface area contributed by atoms with Gasteiger partial charge in [-0.05, 0) is 24.6 Å². The van der Waals surface area contributed by atoms with Crippen molar-refractivity contribution in [3.05, 3.63) is 65.2 Å². The fourth-order valence-corrected chi connectivity index (χ4v) is 3.44. The molecule has 0 aliphatic rings. The summed E-state index contributed by atoms with van der Waals surface area (Å²) in [5.74, 6) is -0.184. The summed E-state index contributed by atoms with van der Waals surface area (Å²) >= 11 is 0. The smallest absolute Gasteiger partial charge is 0.232 e. The molecule has 6 nitrogen and oxygen atoms in total. The molecule has 2 rings (SSSR count). The van der Waals surface area contributed by atoms with E-state index in [1.165, 1.54) is 0 Å². The second kappa shape index (κ2) is 8.50. The molecular weight excluding hydrogens is 350 g/mol. The van der Waals surface area contributed by atoms with E-state index in [2.05, 4.69) is 5.32 Å². The molecule has 0 aliphatic heterocycles. The van der Waals surface area contributed by atoms with Crippen molar-refractivity contribution in [2.45, 2.75) is 13.3 Å². The molecule has 0 bridgehead atoms. The van der Waals surface area contributed by atoms with Crippen LogP contribution in [0.2, 0.25) is 0 Å². The van der Waals surface area contributed by atoms with Crippen molar-refractivity contribution in [2.75, 3.05) is 23.7 Å². The Labute approximate surface area is 154 Å². The van der Waals surface area contributed by atoms with Gasteiger partial charge < -0.3 is 5.32 Å².